The normalized spacial score (nSPS) is 15.3. The van der Waals surface area contributed by atoms with Crippen LogP contribution in [-0.4, -0.2) is 34.0 Å². The summed E-state index contributed by atoms with van der Waals surface area (Å²) in [5.41, 5.74) is 9.09. The first kappa shape index (κ1) is 17.5. The number of benzene rings is 3. The van der Waals surface area contributed by atoms with Crippen molar-refractivity contribution in [3.05, 3.63) is 48.0 Å². The molecule has 5 nitrogen and oxygen atoms in total. The van der Waals surface area contributed by atoms with Crippen LogP contribution < -0.4 is 24.7 Å². The van der Waals surface area contributed by atoms with Gasteiger partial charge < -0.3 is 24.7 Å². The molecular formula is C22H23NO4. The molecule has 1 aliphatic rings. The monoisotopic (exact) mass is 365 g/mol. The molecule has 0 radical (unpaired) electrons. The fourth-order valence-electron chi connectivity index (χ4n) is 3.70. The number of rotatable bonds is 5. The first-order chi connectivity index (χ1) is 13.2. The minimum absolute atomic E-state index is 0.0698. The number of nitrogens with two attached hydrogens (primary N) is 1. The second kappa shape index (κ2) is 7.00. The van der Waals surface area contributed by atoms with Crippen LogP contribution in [-0.2, 0) is 6.42 Å². The molecule has 0 aliphatic carbocycles. The second-order valence-electron chi connectivity index (χ2n) is 6.57. The highest BCUT2D eigenvalue weighted by atomic mass is 16.5. The van der Waals surface area contributed by atoms with Gasteiger partial charge in [0, 0.05) is 18.5 Å². The second-order valence-corrected chi connectivity index (χ2v) is 6.57. The van der Waals surface area contributed by atoms with Crippen LogP contribution in [0.15, 0.2) is 42.5 Å². The molecule has 0 fully saturated rings. The van der Waals surface area contributed by atoms with E-state index in [-0.39, 0.29) is 6.10 Å². The molecule has 4 rings (SSSR count). The maximum Gasteiger partial charge on any atom is 0.203 e. The lowest BCUT2D eigenvalue weighted by molar-refractivity contribution is 0.241. The van der Waals surface area contributed by atoms with E-state index >= 15 is 0 Å². The van der Waals surface area contributed by atoms with Crippen LogP contribution in [0.3, 0.4) is 0 Å². The summed E-state index contributed by atoms with van der Waals surface area (Å²) in [4.78, 5) is 0. The third kappa shape index (κ3) is 2.94. The highest BCUT2D eigenvalue weighted by Crippen LogP contribution is 2.42. The Morgan fingerprint density at radius 1 is 0.926 bits per heavy atom. The molecule has 0 spiro atoms. The lowest BCUT2D eigenvalue weighted by Gasteiger charge is -2.15. The van der Waals surface area contributed by atoms with Gasteiger partial charge in [-0.25, -0.2) is 0 Å². The van der Waals surface area contributed by atoms with Crippen molar-refractivity contribution in [1.82, 2.24) is 0 Å². The van der Waals surface area contributed by atoms with E-state index < -0.39 is 0 Å². The molecule has 0 aromatic heterocycles. The number of ether oxygens (including phenoxy) is 4. The third-order valence-electron chi connectivity index (χ3n) is 5.07. The Labute approximate surface area is 158 Å². The van der Waals surface area contributed by atoms with Gasteiger partial charge >= 0.3 is 0 Å². The van der Waals surface area contributed by atoms with Crippen LogP contribution in [0.25, 0.3) is 21.9 Å². The van der Waals surface area contributed by atoms with Crippen molar-refractivity contribution < 1.29 is 18.9 Å². The van der Waals surface area contributed by atoms with Gasteiger partial charge in [0.25, 0.3) is 0 Å². The van der Waals surface area contributed by atoms with Crippen LogP contribution in [0.1, 0.15) is 5.56 Å². The molecule has 27 heavy (non-hydrogen) atoms. The van der Waals surface area contributed by atoms with Crippen molar-refractivity contribution in [3.63, 3.8) is 0 Å². The minimum atomic E-state index is 0.0698. The highest BCUT2D eigenvalue weighted by molar-refractivity contribution is 5.92. The van der Waals surface area contributed by atoms with Crippen molar-refractivity contribution in [2.24, 2.45) is 5.73 Å². The van der Waals surface area contributed by atoms with Crippen molar-refractivity contribution >= 4 is 10.8 Å². The summed E-state index contributed by atoms with van der Waals surface area (Å²) in [5, 5.41) is 2.38. The average Bonchev–Trinajstić information content (AvgIpc) is 3.16. The van der Waals surface area contributed by atoms with Gasteiger partial charge in [0.1, 0.15) is 11.9 Å². The molecule has 2 N–H and O–H groups in total. The highest BCUT2D eigenvalue weighted by Gasteiger charge is 2.23. The summed E-state index contributed by atoms with van der Waals surface area (Å²) in [6.07, 6.45) is 0.924. The molecule has 3 aromatic rings. The smallest absolute Gasteiger partial charge is 0.203 e. The van der Waals surface area contributed by atoms with Crippen LogP contribution >= 0.6 is 0 Å². The molecule has 0 amide bonds. The lowest BCUT2D eigenvalue weighted by atomic mass is 9.96. The van der Waals surface area contributed by atoms with Gasteiger partial charge in [0.2, 0.25) is 5.75 Å². The van der Waals surface area contributed by atoms with Gasteiger partial charge in [0.15, 0.2) is 11.5 Å². The quantitative estimate of drug-likeness (QED) is 0.745. The van der Waals surface area contributed by atoms with Gasteiger partial charge in [-0.05, 0) is 46.2 Å². The Bertz CT molecular complexity index is 974. The van der Waals surface area contributed by atoms with Crippen LogP contribution in [0.2, 0.25) is 0 Å². The van der Waals surface area contributed by atoms with Gasteiger partial charge in [-0.15, -0.1) is 0 Å². The molecule has 0 saturated heterocycles. The number of hydrogen-bond donors (Lipinski definition) is 1. The zero-order valence-corrected chi connectivity index (χ0v) is 15.7. The maximum atomic E-state index is 5.89. The van der Waals surface area contributed by atoms with E-state index in [0.29, 0.717) is 23.8 Å². The van der Waals surface area contributed by atoms with Crippen molar-refractivity contribution in [2.45, 2.75) is 12.5 Å². The molecule has 1 atom stereocenters. The SMILES string of the molecule is COc1cc(-c2ccc3c4c(ccc3c2)OC(CN)C4)cc(OC)c1OC. The molecule has 1 unspecified atom stereocenters. The van der Waals surface area contributed by atoms with E-state index in [2.05, 4.69) is 24.3 Å². The Kier molecular flexibility index (Phi) is 4.54. The van der Waals surface area contributed by atoms with Crippen molar-refractivity contribution in [3.8, 4) is 34.1 Å². The minimum Gasteiger partial charge on any atom is -0.493 e. The number of fused-ring (bicyclic) bond motifs is 3. The summed E-state index contributed by atoms with van der Waals surface area (Å²) in [6.45, 7) is 0.527. The zero-order chi connectivity index (χ0) is 19.0. The van der Waals surface area contributed by atoms with Gasteiger partial charge in [-0.3, -0.25) is 0 Å². The summed E-state index contributed by atoms with van der Waals surface area (Å²) in [6, 6.07) is 14.5. The first-order valence-electron chi connectivity index (χ1n) is 8.91. The van der Waals surface area contributed by atoms with Crippen LogP contribution in [0.4, 0.5) is 0 Å². The van der Waals surface area contributed by atoms with Gasteiger partial charge in [-0.1, -0.05) is 18.2 Å². The largest absolute Gasteiger partial charge is 0.493 e. The van der Waals surface area contributed by atoms with E-state index in [0.717, 1.165) is 23.3 Å². The standard InChI is InChI=1S/C22H23NO4/c1-24-20-9-15(10-21(25-2)22(20)26-3)13-4-6-17-14(8-13)5-7-19-18(17)11-16(12-23)27-19/h4-10,16H,11-12,23H2,1-3H3. The molecule has 5 heteroatoms. The fraction of sp³-hybridized carbons (Fsp3) is 0.273. The van der Waals surface area contributed by atoms with E-state index in [1.54, 1.807) is 21.3 Å². The summed E-state index contributed by atoms with van der Waals surface area (Å²) in [7, 11) is 4.85. The van der Waals surface area contributed by atoms with Gasteiger partial charge in [-0.2, -0.15) is 0 Å². The van der Waals surface area contributed by atoms with Gasteiger partial charge in [0.05, 0.1) is 21.3 Å². The Morgan fingerprint density at radius 2 is 1.67 bits per heavy atom. The molecule has 3 aromatic carbocycles. The topological polar surface area (TPSA) is 62.9 Å². The Hall–Kier alpha value is -2.92. The predicted octanol–water partition coefficient (Wildman–Crippen LogP) is 3.79. The molecule has 1 heterocycles. The summed E-state index contributed by atoms with van der Waals surface area (Å²) in [5.74, 6) is 2.81. The predicted molar refractivity (Wildman–Crippen MR) is 106 cm³/mol. The first-order valence-corrected chi connectivity index (χ1v) is 8.91. The molecule has 0 saturated carbocycles. The van der Waals surface area contributed by atoms with Crippen molar-refractivity contribution in [1.29, 1.82) is 0 Å². The molecule has 0 bridgehead atoms. The van der Waals surface area contributed by atoms with E-state index in [4.69, 9.17) is 24.7 Å². The maximum absolute atomic E-state index is 5.89. The van der Waals surface area contributed by atoms with Crippen LogP contribution in [0, 0.1) is 0 Å². The summed E-state index contributed by atoms with van der Waals surface area (Å²) < 4.78 is 22.3. The van der Waals surface area contributed by atoms with E-state index in [1.807, 2.05) is 18.2 Å². The average molecular weight is 365 g/mol. The Balaban J connectivity index is 1.81. The van der Waals surface area contributed by atoms with E-state index in [1.165, 1.54) is 16.3 Å². The lowest BCUT2D eigenvalue weighted by Crippen LogP contribution is -2.24. The molecule has 1 aliphatic heterocycles. The van der Waals surface area contributed by atoms with Crippen LogP contribution in [0.5, 0.6) is 23.0 Å². The fourth-order valence-corrected chi connectivity index (χ4v) is 3.70. The molecular weight excluding hydrogens is 342 g/mol. The van der Waals surface area contributed by atoms with E-state index in [9.17, 15) is 0 Å². The summed E-state index contributed by atoms with van der Waals surface area (Å²) >= 11 is 0. The molecule has 140 valence electrons. The van der Waals surface area contributed by atoms with Crippen molar-refractivity contribution in [2.75, 3.05) is 27.9 Å². The Morgan fingerprint density at radius 3 is 2.30 bits per heavy atom. The number of hydrogen-bond acceptors (Lipinski definition) is 5. The third-order valence-corrected chi connectivity index (χ3v) is 5.07. The number of methoxy groups -OCH3 is 3. The zero-order valence-electron chi connectivity index (χ0n) is 15.7.